The number of imidazole rings is 1. The SMILES string of the molecule is C=CC(=O)N1C[C@@H](n2nc(C#Cc3ccc4c(c3)ncn4CC)c3c(N)nccc32)C[C@@H]1COC. The topological polar surface area (TPSA) is 104 Å². The third kappa shape index (κ3) is 4.02. The number of nitrogens with zero attached hydrogens (tertiary/aromatic N) is 6. The highest BCUT2D eigenvalue weighted by atomic mass is 16.5. The first-order valence-electron chi connectivity index (χ1n) is 11.6. The average molecular weight is 470 g/mol. The summed E-state index contributed by atoms with van der Waals surface area (Å²) in [4.78, 5) is 23.0. The van der Waals surface area contributed by atoms with Gasteiger partial charge < -0.3 is 19.9 Å². The van der Waals surface area contributed by atoms with Crippen LogP contribution in [0.4, 0.5) is 5.82 Å². The number of aryl methyl sites for hydroxylation is 1. The van der Waals surface area contributed by atoms with Crippen molar-refractivity contribution in [3.63, 3.8) is 0 Å². The molecule has 1 fully saturated rings. The molecule has 2 atom stereocenters. The van der Waals surface area contributed by atoms with E-state index in [0.717, 1.165) is 28.7 Å². The fraction of sp³-hybridized carbons (Fsp3) is 0.308. The molecule has 3 aromatic heterocycles. The van der Waals surface area contributed by atoms with Gasteiger partial charge in [0, 0.05) is 32.0 Å². The predicted molar refractivity (Wildman–Crippen MR) is 135 cm³/mol. The van der Waals surface area contributed by atoms with E-state index >= 15 is 0 Å². The van der Waals surface area contributed by atoms with Crippen molar-refractivity contribution in [1.82, 2.24) is 29.2 Å². The van der Waals surface area contributed by atoms with E-state index in [1.165, 1.54) is 6.08 Å². The van der Waals surface area contributed by atoms with E-state index in [2.05, 4.69) is 39.9 Å². The summed E-state index contributed by atoms with van der Waals surface area (Å²) >= 11 is 0. The summed E-state index contributed by atoms with van der Waals surface area (Å²) in [7, 11) is 1.64. The molecular formula is C26H27N7O2. The van der Waals surface area contributed by atoms with Crippen LogP contribution in [0.2, 0.25) is 0 Å². The van der Waals surface area contributed by atoms with Crippen molar-refractivity contribution in [2.45, 2.75) is 32.0 Å². The van der Waals surface area contributed by atoms with Crippen LogP contribution in [-0.2, 0) is 16.1 Å². The van der Waals surface area contributed by atoms with Crippen LogP contribution in [0, 0.1) is 11.8 Å². The zero-order valence-electron chi connectivity index (χ0n) is 19.8. The minimum absolute atomic E-state index is 0.0479. The van der Waals surface area contributed by atoms with E-state index in [9.17, 15) is 4.79 Å². The number of nitrogen functional groups attached to an aromatic ring is 1. The second-order valence-corrected chi connectivity index (χ2v) is 8.56. The van der Waals surface area contributed by atoms with Crippen molar-refractivity contribution in [3.8, 4) is 11.8 Å². The number of amides is 1. The van der Waals surface area contributed by atoms with Crippen molar-refractivity contribution in [3.05, 3.63) is 60.7 Å². The van der Waals surface area contributed by atoms with Crippen molar-refractivity contribution in [2.75, 3.05) is 26.0 Å². The Morgan fingerprint density at radius 3 is 2.91 bits per heavy atom. The molecule has 178 valence electrons. The van der Waals surface area contributed by atoms with Gasteiger partial charge in [0.1, 0.15) is 11.5 Å². The van der Waals surface area contributed by atoms with Gasteiger partial charge in [-0.3, -0.25) is 9.48 Å². The molecule has 9 heteroatoms. The Labute approximate surface area is 203 Å². The molecular weight excluding hydrogens is 442 g/mol. The van der Waals surface area contributed by atoms with E-state index in [-0.39, 0.29) is 18.0 Å². The van der Waals surface area contributed by atoms with E-state index in [4.69, 9.17) is 15.6 Å². The standard InChI is InChI=1S/C26H27N7O2/c1-4-24(34)32-14-18(13-19(32)15-35-3)33-23-10-11-28-26(27)25(23)20(30-33)8-6-17-7-9-22-21(12-17)29-16-31(22)5-2/h4,7,9-12,16,18-19H,1,5,13-15H2,2-3H3,(H2,27,28)/t18-,19+/m0/s1. The largest absolute Gasteiger partial charge is 0.383 e. The smallest absolute Gasteiger partial charge is 0.246 e. The average Bonchev–Trinajstić information content (AvgIpc) is 3.57. The van der Waals surface area contributed by atoms with Crippen LogP contribution in [-0.4, -0.2) is 61.4 Å². The van der Waals surface area contributed by atoms with Gasteiger partial charge in [0.2, 0.25) is 5.91 Å². The Hall–Kier alpha value is -4.16. The zero-order valence-corrected chi connectivity index (χ0v) is 19.8. The Morgan fingerprint density at radius 2 is 2.14 bits per heavy atom. The van der Waals surface area contributed by atoms with Gasteiger partial charge in [0.25, 0.3) is 0 Å². The van der Waals surface area contributed by atoms with E-state index in [1.54, 1.807) is 18.2 Å². The lowest BCUT2D eigenvalue weighted by molar-refractivity contribution is -0.127. The van der Waals surface area contributed by atoms with Crippen molar-refractivity contribution >= 4 is 33.7 Å². The lowest BCUT2D eigenvalue weighted by atomic mass is 10.1. The Bertz CT molecular complexity index is 1490. The first-order chi connectivity index (χ1) is 17.0. The zero-order chi connectivity index (χ0) is 24.5. The second kappa shape index (κ2) is 9.24. The van der Waals surface area contributed by atoms with Crippen LogP contribution >= 0.6 is 0 Å². The molecule has 0 aliphatic carbocycles. The third-order valence-electron chi connectivity index (χ3n) is 6.49. The number of likely N-dealkylation sites (tertiary alicyclic amines) is 1. The Morgan fingerprint density at radius 1 is 1.29 bits per heavy atom. The summed E-state index contributed by atoms with van der Waals surface area (Å²) in [6.07, 6.45) is 5.54. The first-order valence-corrected chi connectivity index (χ1v) is 11.6. The summed E-state index contributed by atoms with van der Waals surface area (Å²) in [5.74, 6) is 6.67. The molecule has 1 amide bonds. The number of nitrogens with two attached hydrogens (primary N) is 1. The number of ether oxygens (including phenoxy) is 1. The minimum atomic E-state index is -0.117. The third-order valence-corrected chi connectivity index (χ3v) is 6.49. The number of hydrogen-bond donors (Lipinski definition) is 1. The van der Waals surface area contributed by atoms with Gasteiger partial charge in [-0.05, 0) is 49.6 Å². The molecule has 0 unspecified atom stereocenters. The van der Waals surface area contributed by atoms with Crippen LogP contribution < -0.4 is 5.73 Å². The van der Waals surface area contributed by atoms with E-state index < -0.39 is 0 Å². The van der Waals surface area contributed by atoms with Crippen LogP contribution in [0.3, 0.4) is 0 Å². The number of rotatable bonds is 5. The second-order valence-electron chi connectivity index (χ2n) is 8.56. The summed E-state index contributed by atoms with van der Waals surface area (Å²) in [5.41, 5.74) is 10.5. The summed E-state index contributed by atoms with van der Waals surface area (Å²) in [6, 6.07) is 7.76. The maximum atomic E-state index is 12.4. The molecule has 1 saturated heterocycles. The molecule has 1 aromatic carbocycles. The highest BCUT2D eigenvalue weighted by Crippen LogP contribution is 2.32. The molecule has 4 heterocycles. The number of aromatic nitrogens is 5. The molecule has 0 radical (unpaired) electrons. The van der Waals surface area contributed by atoms with Crippen molar-refractivity contribution in [2.24, 2.45) is 0 Å². The van der Waals surface area contributed by atoms with Crippen molar-refractivity contribution in [1.29, 1.82) is 0 Å². The number of fused-ring (bicyclic) bond motifs is 2. The van der Waals surface area contributed by atoms with Gasteiger partial charge in [0.15, 0.2) is 0 Å². The van der Waals surface area contributed by atoms with Gasteiger partial charge in [-0.25, -0.2) is 9.97 Å². The van der Waals surface area contributed by atoms with Crippen LogP contribution in [0.5, 0.6) is 0 Å². The quantitative estimate of drug-likeness (QED) is 0.356. The molecule has 0 spiro atoms. The van der Waals surface area contributed by atoms with Crippen LogP contribution in [0.25, 0.3) is 21.9 Å². The molecule has 4 aromatic rings. The van der Waals surface area contributed by atoms with E-state index in [0.29, 0.717) is 36.5 Å². The Balaban J connectivity index is 1.53. The number of benzene rings is 1. The number of pyridine rings is 1. The minimum Gasteiger partial charge on any atom is -0.383 e. The molecule has 35 heavy (non-hydrogen) atoms. The number of carbonyl (C=O) groups is 1. The maximum Gasteiger partial charge on any atom is 0.246 e. The molecule has 0 saturated carbocycles. The first kappa shape index (κ1) is 22.6. The van der Waals surface area contributed by atoms with Gasteiger partial charge >= 0.3 is 0 Å². The fourth-order valence-electron chi connectivity index (χ4n) is 4.81. The monoisotopic (exact) mass is 469 g/mol. The van der Waals surface area contributed by atoms with Crippen LogP contribution in [0.15, 0.2) is 49.4 Å². The summed E-state index contributed by atoms with van der Waals surface area (Å²) < 4.78 is 9.37. The predicted octanol–water partition coefficient (Wildman–Crippen LogP) is 2.76. The highest BCUT2D eigenvalue weighted by Gasteiger charge is 2.36. The molecule has 9 nitrogen and oxygen atoms in total. The molecule has 5 rings (SSSR count). The van der Waals surface area contributed by atoms with Crippen LogP contribution in [0.1, 0.15) is 30.6 Å². The molecule has 0 bridgehead atoms. The number of methoxy groups -OCH3 is 1. The van der Waals surface area contributed by atoms with Gasteiger partial charge in [0.05, 0.1) is 47.0 Å². The lowest BCUT2D eigenvalue weighted by Crippen LogP contribution is -2.37. The van der Waals surface area contributed by atoms with Gasteiger partial charge in [-0.1, -0.05) is 12.5 Å². The normalized spacial score (nSPS) is 17.6. The molecule has 1 aliphatic rings. The summed E-state index contributed by atoms with van der Waals surface area (Å²) in [6.45, 7) is 7.53. The molecule has 2 N–H and O–H groups in total. The highest BCUT2D eigenvalue weighted by molar-refractivity contribution is 5.93. The van der Waals surface area contributed by atoms with Gasteiger partial charge in [-0.15, -0.1) is 0 Å². The number of carbonyl (C=O) groups excluding carboxylic acids is 1. The maximum absolute atomic E-state index is 12.4. The van der Waals surface area contributed by atoms with Crippen molar-refractivity contribution < 1.29 is 9.53 Å². The summed E-state index contributed by atoms with van der Waals surface area (Å²) in [5, 5.41) is 5.56. The van der Waals surface area contributed by atoms with E-state index in [1.807, 2.05) is 35.3 Å². The van der Waals surface area contributed by atoms with Gasteiger partial charge in [-0.2, -0.15) is 5.10 Å². The molecule has 1 aliphatic heterocycles. The number of hydrogen-bond acceptors (Lipinski definition) is 6. The Kier molecular flexibility index (Phi) is 5.97. The number of anilines is 1. The lowest BCUT2D eigenvalue weighted by Gasteiger charge is -2.22. The fourth-order valence-corrected chi connectivity index (χ4v) is 4.81.